The van der Waals surface area contributed by atoms with Crippen LogP contribution in [0.4, 0.5) is 0 Å². The van der Waals surface area contributed by atoms with E-state index in [1.807, 2.05) is 0 Å². The number of carbonyl (C=O) groups is 1. The number of rotatable bonds is 10. The number of benzene rings is 2. The average Bonchev–Trinajstić information content (AvgIpc) is 3.28. The van der Waals surface area contributed by atoms with Crippen molar-refractivity contribution in [2.45, 2.75) is 17.9 Å². The third kappa shape index (κ3) is 6.60. The zero-order chi connectivity index (χ0) is 23.8. The molecule has 0 bridgehead atoms. The summed E-state index contributed by atoms with van der Waals surface area (Å²) in [6.07, 6.45) is 1.69. The number of carbonyl (C=O) groups excluding carboxylic acids is 1. The molecule has 9 heteroatoms. The Morgan fingerprint density at radius 2 is 1.88 bits per heavy atom. The van der Waals surface area contributed by atoms with Gasteiger partial charge in [0, 0.05) is 19.8 Å². The molecule has 2 aromatic carbocycles. The molecular weight excluding hydrogens is 444 g/mol. The van der Waals surface area contributed by atoms with Gasteiger partial charge in [-0.15, -0.1) is 0 Å². The summed E-state index contributed by atoms with van der Waals surface area (Å²) in [6, 6.07) is 18.5. The molecule has 33 heavy (non-hydrogen) atoms. The quantitative estimate of drug-likeness (QED) is 0.418. The van der Waals surface area contributed by atoms with E-state index in [9.17, 15) is 13.2 Å². The molecule has 0 N–H and O–H groups in total. The second kappa shape index (κ2) is 10.7. The van der Waals surface area contributed by atoms with Crippen LogP contribution in [0.25, 0.3) is 0 Å². The predicted molar refractivity (Wildman–Crippen MR) is 121 cm³/mol. The monoisotopic (exact) mass is 468 g/mol. The lowest BCUT2D eigenvalue weighted by Crippen LogP contribution is -2.28. The molecule has 172 valence electrons. The van der Waals surface area contributed by atoms with E-state index in [0.717, 1.165) is 6.26 Å². The first kappa shape index (κ1) is 23.9. The summed E-state index contributed by atoms with van der Waals surface area (Å²) in [5.41, 5.74) is 0.422. The van der Waals surface area contributed by atoms with E-state index in [4.69, 9.17) is 19.2 Å². The van der Waals surface area contributed by atoms with Crippen molar-refractivity contribution in [1.29, 1.82) is 5.26 Å². The van der Waals surface area contributed by atoms with Gasteiger partial charge in [-0.05, 0) is 48.9 Å². The van der Waals surface area contributed by atoms with Gasteiger partial charge in [-0.1, -0.05) is 18.2 Å². The van der Waals surface area contributed by atoms with E-state index in [-0.39, 0.29) is 23.2 Å². The van der Waals surface area contributed by atoms with E-state index in [1.165, 1.54) is 17.0 Å². The van der Waals surface area contributed by atoms with Crippen LogP contribution < -0.4 is 9.47 Å². The SMILES string of the molecule is CN(CCCOc1cccc(S(C)(=O)=O)c1)C(=O)c1ccc(COc2ccccc2C#N)o1. The average molecular weight is 469 g/mol. The van der Waals surface area contributed by atoms with Gasteiger partial charge in [-0.3, -0.25) is 4.79 Å². The Labute approximate surface area is 192 Å². The van der Waals surface area contributed by atoms with Crippen LogP contribution >= 0.6 is 0 Å². The van der Waals surface area contributed by atoms with Gasteiger partial charge < -0.3 is 18.8 Å². The van der Waals surface area contributed by atoms with Crippen molar-refractivity contribution in [1.82, 2.24) is 4.90 Å². The van der Waals surface area contributed by atoms with E-state index < -0.39 is 9.84 Å². The molecule has 0 aliphatic carbocycles. The highest BCUT2D eigenvalue weighted by Crippen LogP contribution is 2.20. The summed E-state index contributed by atoms with van der Waals surface area (Å²) in [4.78, 5) is 14.3. The summed E-state index contributed by atoms with van der Waals surface area (Å²) in [5.74, 6) is 1.28. The zero-order valence-corrected chi connectivity index (χ0v) is 19.2. The third-order valence-corrected chi connectivity index (χ3v) is 5.85. The van der Waals surface area contributed by atoms with Gasteiger partial charge in [-0.2, -0.15) is 5.26 Å². The van der Waals surface area contributed by atoms with Gasteiger partial charge in [0.1, 0.15) is 29.9 Å². The maximum Gasteiger partial charge on any atom is 0.289 e. The molecule has 0 aliphatic heterocycles. The minimum Gasteiger partial charge on any atom is -0.493 e. The van der Waals surface area contributed by atoms with Crippen LogP contribution in [0.5, 0.6) is 11.5 Å². The molecule has 1 aromatic heterocycles. The van der Waals surface area contributed by atoms with Crippen LogP contribution in [0, 0.1) is 11.3 Å². The molecule has 0 atom stereocenters. The molecular formula is C24H24N2O6S. The van der Waals surface area contributed by atoms with Gasteiger partial charge in [0.05, 0.1) is 17.1 Å². The minimum absolute atomic E-state index is 0.0933. The smallest absolute Gasteiger partial charge is 0.289 e. The highest BCUT2D eigenvalue weighted by atomic mass is 32.2. The van der Waals surface area contributed by atoms with Gasteiger partial charge in [0.15, 0.2) is 15.6 Å². The van der Waals surface area contributed by atoms with Crippen molar-refractivity contribution >= 4 is 15.7 Å². The zero-order valence-electron chi connectivity index (χ0n) is 18.4. The van der Waals surface area contributed by atoms with E-state index in [1.54, 1.807) is 55.6 Å². The number of nitriles is 1. The molecule has 0 saturated heterocycles. The number of ether oxygens (including phenoxy) is 2. The highest BCUT2D eigenvalue weighted by molar-refractivity contribution is 7.90. The number of nitrogens with zero attached hydrogens (tertiary/aromatic N) is 2. The summed E-state index contributed by atoms with van der Waals surface area (Å²) >= 11 is 0. The maximum absolute atomic E-state index is 12.6. The van der Waals surface area contributed by atoms with Crippen LogP contribution in [0.3, 0.4) is 0 Å². The van der Waals surface area contributed by atoms with Crippen molar-refractivity contribution in [2.75, 3.05) is 26.5 Å². The fourth-order valence-corrected chi connectivity index (χ4v) is 3.64. The van der Waals surface area contributed by atoms with E-state index in [2.05, 4.69) is 6.07 Å². The van der Waals surface area contributed by atoms with Crippen molar-refractivity contribution < 1.29 is 27.1 Å². The summed E-state index contributed by atoms with van der Waals surface area (Å²) in [7, 11) is -1.64. The van der Waals surface area contributed by atoms with Crippen LogP contribution in [-0.2, 0) is 16.4 Å². The Morgan fingerprint density at radius 1 is 1.09 bits per heavy atom. The van der Waals surface area contributed by atoms with Gasteiger partial charge in [0.2, 0.25) is 0 Å². The van der Waals surface area contributed by atoms with Crippen molar-refractivity contribution in [3.8, 4) is 17.6 Å². The first-order valence-electron chi connectivity index (χ1n) is 10.2. The molecule has 1 amide bonds. The number of hydrogen-bond donors (Lipinski definition) is 0. The minimum atomic E-state index is -3.30. The molecule has 0 aliphatic rings. The number of sulfone groups is 1. The lowest BCUT2D eigenvalue weighted by atomic mass is 10.2. The third-order valence-electron chi connectivity index (χ3n) is 4.74. The Kier molecular flexibility index (Phi) is 7.74. The van der Waals surface area contributed by atoms with Crippen LogP contribution in [-0.4, -0.2) is 45.7 Å². The Morgan fingerprint density at radius 3 is 2.64 bits per heavy atom. The van der Waals surface area contributed by atoms with Crippen molar-refractivity contribution in [3.05, 3.63) is 77.7 Å². The largest absolute Gasteiger partial charge is 0.493 e. The lowest BCUT2D eigenvalue weighted by Gasteiger charge is -2.16. The highest BCUT2D eigenvalue weighted by Gasteiger charge is 2.16. The fraction of sp³-hybridized carbons (Fsp3) is 0.250. The standard InChI is InChI=1S/C24H24N2O6S/c1-26(13-6-14-30-19-8-5-9-21(15-19)33(2,28)29)24(27)23-12-11-20(32-23)17-31-22-10-4-3-7-18(22)16-25/h3-5,7-12,15H,6,13-14,17H2,1-2H3. The number of para-hydroxylation sites is 1. The predicted octanol–water partition coefficient (Wildman–Crippen LogP) is 3.67. The van der Waals surface area contributed by atoms with Crippen LogP contribution in [0.1, 0.15) is 28.3 Å². The number of amides is 1. The normalized spacial score (nSPS) is 10.9. The van der Waals surface area contributed by atoms with Crippen LogP contribution in [0.15, 0.2) is 70.0 Å². The number of hydrogen-bond acceptors (Lipinski definition) is 7. The first-order chi connectivity index (χ1) is 15.8. The van der Waals surface area contributed by atoms with Crippen molar-refractivity contribution in [2.24, 2.45) is 0 Å². The lowest BCUT2D eigenvalue weighted by molar-refractivity contribution is 0.0752. The summed E-state index contributed by atoms with van der Waals surface area (Å²) in [5, 5.41) is 9.11. The molecule has 3 aromatic rings. The Hall–Kier alpha value is -3.77. The maximum atomic E-state index is 12.6. The molecule has 0 spiro atoms. The summed E-state index contributed by atoms with van der Waals surface area (Å²) in [6.45, 7) is 0.836. The van der Waals surface area contributed by atoms with Crippen LogP contribution in [0.2, 0.25) is 0 Å². The van der Waals surface area contributed by atoms with Crippen molar-refractivity contribution in [3.63, 3.8) is 0 Å². The molecule has 0 fully saturated rings. The topological polar surface area (TPSA) is 110 Å². The second-order valence-electron chi connectivity index (χ2n) is 7.34. The summed E-state index contributed by atoms with van der Waals surface area (Å²) < 4.78 is 40.1. The first-order valence-corrected chi connectivity index (χ1v) is 12.1. The Bertz CT molecular complexity index is 1260. The van der Waals surface area contributed by atoms with E-state index in [0.29, 0.717) is 42.4 Å². The molecule has 3 rings (SSSR count). The molecule has 0 radical (unpaired) electrons. The van der Waals surface area contributed by atoms with Gasteiger partial charge >= 0.3 is 0 Å². The van der Waals surface area contributed by atoms with Gasteiger partial charge in [0.25, 0.3) is 5.91 Å². The Balaban J connectivity index is 1.47. The molecule has 0 saturated carbocycles. The fourth-order valence-electron chi connectivity index (χ4n) is 2.98. The number of furan rings is 1. The second-order valence-corrected chi connectivity index (χ2v) is 9.35. The molecule has 8 nitrogen and oxygen atoms in total. The molecule has 0 unspecified atom stereocenters. The van der Waals surface area contributed by atoms with Gasteiger partial charge in [-0.25, -0.2) is 8.42 Å². The van der Waals surface area contributed by atoms with E-state index >= 15 is 0 Å². The molecule has 1 heterocycles.